The molecule has 5 nitrogen and oxygen atoms in total. The van der Waals surface area contributed by atoms with Gasteiger partial charge in [-0.1, -0.05) is 6.92 Å². The predicted octanol–water partition coefficient (Wildman–Crippen LogP) is 0.277. The van der Waals surface area contributed by atoms with Gasteiger partial charge in [-0.2, -0.15) is 0 Å². The van der Waals surface area contributed by atoms with Gasteiger partial charge in [0.15, 0.2) is 5.78 Å². The van der Waals surface area contributed by atoms with Crippen LogP contribution in [0.2, 0.25) is 0 Å². The van der Waals surface area contributed by atoms with Gasteiger partial charge in [-0.25, -0.2) is 0 Å². The highest BCUT2D eigenvalue weighted by molar-refractivity contribution is 5.80. The minimum Gasteiger partial charge on any atom is -0.298 e. The molecule has 2 heterocycles. The molecule has 1 unspecified atom stereocenters. The van der Waals surface area contributed by atoms with Crippen LogP contribution in [0.1, 0.15) is 37.8 Å². The zero-order chi connectivity index (χ0) is 11.0. The number of Topliss-reactive ketones (excluding diaryl/α,β-unsaturated/α-hetero) is 1. The molecule has 1 aliphatic heterocycles. The average molecular weight is 207 g/mol. The Morgan fingerprint density at radius 3 is 2.87 bits per heavy atom. The van der Waals surface area contributed by atoms with E-state index in [2.05, 4.69) is 10.2 Å². The number of aromatic nitrogens is 3. The van der Waals surface area contributed by atoms with Crippen molar-refractivity contribution in [1.29, 1.82) is 0 Å². The highest BCUT2D eigenvalue weighted by Crippen LogP contribution is 2.22. The maximum absolute atomic E-state index is 11.9. The van der Waals surface area contributed by atoms with E-state index in [4.69, 9.17) is 0 Å². The number of fused-ring (bicyclic) bond motifs is 1. The summed E-state index contributed by atoms with van der Waals surface area (Å²) in [5, 5.41) is 7.85. The summed E-state index contributed by atoms with van der Waals surface area (Å²) < 4.78 is 1.51. The molecule has 0 spiro atoms. The topological polar surface area (TPSA) is 64.8 Å². The monoisotopic (exact) mass is 207 g/mol. The van der Waals surface area contributed by atoms with E-state index in [-0.39, 0.29) is 17.4 Å². The number of carbonyl (C=O) groups is 1. The van der Waals surface area contributed by atoms with Crippen LogP contribution < -0.4 is 5.56 Å². The Labute approximate surface area is 87.1 Å². The Hall–Kier alpha value is -1.52. The lowest BCUT2D eigenvalue weighted by Gasteiger charge is -2.10. The molecule has 80 valence electrons. The van der Waals surface area contributed by atoms with Gasteiger partial charge in [0, 0.05) is 6.42 Å². The molecule has 0 amide bonds. The second kappa shape index (κ2) is 3.56. The van der Waals surface area contributed by atoms with Crippen molar-refractivity contribution in [1.82, 2.24) is 14.8 Å². The van der Waals surface area contributed by atoms with Crippen LogP contribution in [0.3, 0.4) is 0 Å². The van der Waals surface area contributed by atoms with Gasteiger partial charge in [-0.05, 0) is 19.8 Å². The van der Waals surface area contributed by atoms with Crippen molar-refractivity contribution in [3.63, 3.8) is 0 Å². The molecule has 0 aromatic carbocycles. The van der Waals surface area contributed by atoms with Crippen LogP contribution in [-0.2, 0) is 17.6 Å². The molecular formula is C10H13N3O2. The number of hydrogen-bond donors (Lipinski definition) is 0. The van der Waals surface area contributed by atoms with Gasteiger partial charge in [0.1, 0.15) is 11.5 Å². The maximum atomic E-state index is 11.9. The van der Waals surface area contributed by atoms with Crippen molar-refractivity contribution in [3.8, 4) is 0 Å². The second-order valence-electron chi connectivity index (χ2n) is 3.76. The minimum atomic E-state index is -0.326. The third kappa shape index (κ3) is 1.48. The molecule has 0 fully saturated rings. The number of rotatable bonds is 2. The smallest absolute Gasteiger partial charge is 0.276 e. The SMILES string of the molecule is CCc1nnc2n(c1=O)C(C(C)=O)CC2. The van der Waals surface area contributed by atoms with E-state index in [1.807, 2.05) is 6.92 Å². The summed E-state index contributed by atoms with van der Waals surface area (Å²) in [7, 11) is 0. The van der Waals surface area contributed by atoms with E-state index in [0.29, 0.717) is 30.8 Å². The van der Waals surface area contributed by atoms with Gasteiger partial charge >= 0.3 is 0 Å². The first-order chi connectivity index (χ1) is 7.15. The molecular weight excluding hydrogens is 194 g/mol. The van der Waals surface area contributed by atoms with E-state index in [9.17, 15) is 9.59 Å². The molecule has 0 bridgehead atoms. The molecule has 2 rings (SSSR count). The summed E-state index contributed by atoms with van der Waals surface area (Å²) in [5.74, 6) is 0.656. The summed E-state index contributed by atoms with van der Waals surface area (Å²) in [4.78, 5) is 23.3. The largest absolute Gasteiger partial charge is 0.298 e. The van der Waals surface area contributed by atoms with E-state index in [0.717, 1.165) is 0 Å². The normalized spacial score (nSPS) is 18.9. The van der Waals surface area contributed by atoms with Crippen molar-refractivity contribution in [3.05, 3.63) is 21.9 Å². The molecule has 1 atom stereocenters. The third-order valence-electron chi connectivity index (χ3n) is 2.79. The molecule has 5 heteroatoms. The Morgan fingerprint density at radius 2 is 2.27 bits per heavy atom. The van der Waals surface area contributed by atoms with Crippen LogP contribution in [0, 0.1) is 0 Å². The van der Waals surface area contributed by atoms with Crippen LogP contribution in [0.4, 0.5) is 0 Å². The first kappa shape index (κ1) is 10.0. The van der Waals surface area contributed by atoms with Crippen molar-refractivity contribution >= 4 is 5.78 Å². The van der Waals surface area contributed by atoms with Crippen molar-refractivity contribution in [2.75, 3.05) is 0 Å². The molecule has 1 aromatic rings. The number of aryl methyl sites for hydroxylation is 2. The number of hydrogen-bond acceptors (Lipinski definition) is 4. The van der Waals surface area contributed by atoms with Gasteiger partial charge in [0.05, 0.1) is 6.04 Å². The molecule has 0 N–H and O–H groups in total. The molecule has 0 saturated carbocycles. The standard InChI is InChI=1S/C10H13N3O2/c1-3-7-10(15)13-8(6(2)14)4-5-9(13)12-11-7/h8H,3-5H2,1-2H3. The zero-order valence-electron chi connectivity index (χ0n) is 8.86. The second-order valence-corrected chi connectivity index (χ2v) is 3.76. The van der Waals surface area contributed by atoms with Crippen molar-refractivity contribution in [2.24, 2.45) is 0 Å². The van der Waals surface area contributed by atoms with Gasteiger partial charge in [0.2, 0.25) is 0 Å². The summed E-state index contributed by atoms with van der Waals surface area (Å²) in [6.07, 6.45) is 1.89. The first-order valence-corrected chi connectivity index (χ1v) is 5.12. The number of ketones is 1. The average Bonchev–Trinajstić information content (AvgIpc) is 2.63. The molecule has 1 aromatic heterocycles. The number of carbonyl (C=O) groups excluding carboxylic acids is 1. The first-order valence-electron chi connectivity index (χ1n) is 5.12. The van der Waals surface area contributed by atoms with Crippen LogP contribution in [0.15, 0.2) is 4.79 Å². The van der Waals surface area contributed by atoms with Crippen LogP contribution in [0.5, 0.6) is 0 Å². The minimum absolute atomic E-state index is 0.0194. The van der Waals surface area contributed by atoms with Gasteiger partial charge in [-0.3, -0.25) is 14.2 Å². The van der Waals surface area contributed by atoms with E-state index in [1.165, 1.54) is 11.5 Å². The summed E-state index contributed by atoms with van der Waals surface area (Å²) >= 11 is 0. The Bertz CT molecular complexity index is 464. The van der Waals surface area contributed by atoms with Gasteiger partial charge < -0.3 is 0 Å². The van der Waals surface area contributed by atoms with E-state index >= 15 is 0 Å². The highest BCUT2D eigenvalue weighted by atomic mass is 16.1. The molecule has 0 aliphatic carbocycles. The quantitative estimate of drug-likeness (QED) is 0.698. The highest BCUT2D eigenvalue weighted by Gasteiger charge is 2.28. The van der Waals surface area contributed by atoms with Crippen molar-refractivity contribution < 1.29 is 4.79 Å². The maximum Gasteiger partial charge on any atom is 0.276 e. The lowest BCUT2D eigenvalue weighted by Crippen LogP contribution is -2.31. The van der Waals surface area contributed by atoms with Crippen LogP contribution in [0.25, 0.3) is 0 Å². The fourth-order valence-electron chi connectivity index (χ4n) is 1.96. The Kier molecular flexibility index (Phi) is 2.38. The Balaban J connectivity index is 2.60. The lowest BCUT2D eigenvalue weighted by molar-refractivity contribution is -0.120. The fourth-order valence-corrected chi connectivity index (χ4v) is 1.96. The van der Waals surface area contributed by atoms with Gasteiger partial charge in [-0.15, -0.1) is 10.2 Å². The molecule has 1 aliphatic rings. The van der Waals surface area contributed by atoms with E-state index in [1.54, 1.807) is 0 Å². The summed E-state index contributed by atoms with van der Waals surface area (Å²) in [6, 6.07) is -0.326. The third-order valence-corrected chi connectivity index (χ3v) is 2.79. The van der Waals surface area contributed by atoms with Gasteiger partial charge in [0.25, 0.3) is 5.56 Å². The van der Waals surface area contributed by atoms with Crippen molar-refractivity contribution in [2.45, 2.75) is 39.2 Å². The fraction of sp³-hybridized carbons (Fsp3) is 0.600. The summed E-state index contributed by atoms with van der Waals surface area (Å²) in [5.41, 5.74) is 0.284. The summed E-state index contributed by atoms with van der Waals surface area (Å²) in [6.45, 7) is 3.37. The zero-order valence-corrected chi connectivity index (χ0v) is 8.86. The Morgan fingerprint density at radius 1 is 1.53 bits per heavy atom. The predicted molar refractivity (Wildman–Crippen MR) is 53.7 cm³/mol. The van der Waals surface area contributed by atoms with Crippen LogP contribution >= 0.6 is 0 Å². The number of nitrogens with zero attached hydrogens (tertiary/aromatic N) is 3. The van der Waals surface area contributed by atoms with E-state index < -0.39 is 0 Å². The molecule has 0 saturated heterocycles. The van der Waals surface area contributed by atoms with Crippen LogP contribution in [-0.4, -0.2) is 20.5 Å². The lowest BCUT2D eigenvalue weighted by atomic mass is 10.1. The molecule has 0 radical (unpaired) electrons. The molecule has 15 heavy (non-hydrogen) atoms.